The van der Waals surface area contributed by atoms with E-state index in [0.717, 1.165) is 6.42 Å². The summed E-state index contributed by atoms with van der Waals surface area (Å²) in [5, 5.41) is 6.90. The van der Waals surface area contributed by atoms with Gasteiger partial charge in [0.05, 0.1) is 13.0 Å². The monoisotopic (exact) mass is 254 g/mol. The fourth-order valence-corrected chi connectivity index (χ4v) is 1.81. The second-order valence-electron chi connectivity index (χ2n) is 4.75. The van der Waals surface area contributed by atoms with E-state index in [9.17, 15) is 4.79 Å². The summed E-state index contributed by atoms with van der Waals surface area (Å²) in [5.74, 6) is 1.24. The highest BCUT2D eigenvalue weighted by molar-refractivity contribution is 5.91. The molecule has 0 aromatic carbocycles. The average molecular weight is 254 g/mol. The molecule has 0 aliphatic carbocycles. The fraction of sp³-hybridized carbons (Fsp3) is 0.667. The highest BCUT2D eigenvalue weighted by Gasteiger charge is 2.19. The van der Waals surface area contributed by atoms with Crippen LogP contribution in [0.25, 0.3) is 0 Å². The van der Waals surface area contributed by atoms with Gasteiger partial charge in [0.2, 0.25) is 11.8 Å². The van der Waals surface area contributed by atoms with Gasteiger partial charge in [-0.1, -0.05) is 13.8 Å². The number of nitrogens with zero attached hydrogens (tertiary/aromatic N) is 2. The number of methoxy groups -OCH3 is 1. The smallest absolute Gasteiger partial charge is 0.229 e. The average Bonchev–Trinajstić information content (AvgIpc) is 2.65. The van der Waals surface area contributed by atoms with E-state index in [2.05, 4.69) is 24.3 Å². The maximum absolute atomic E-state index is 12.0. The van der Waals surface area contributed by atoms with Crippen molar-refractivity contribution in [2.45, 2.75) is 20.3 Å². The van der Waals surface area contributed by atoms with Crippen molar-refractivity contribution >= 4 is 11.7 Å². The third kappa shape index (κ3) is 3.73. The molecule has 1 atom stereocenters. The number of rotatable bonds is 6. The minimum absolute atomic E-state index is 0.0908. The zero-order chi connectivity index (χ0) is 13.7. The van der Waals surface area contributed by atoms with Crippen molar-refractivity contribution in [2.75, 3.05) is 19.0 Å². The molecule has 102 valence electrons. The predicted molar refractivity (Wildman–Crippen MR) is 70.4 cm³/mol. The number of aryl methyl sites for hydroxylation is 1. The zero-order valence-electron chi connectivity index (χ0n) is 11.4. The van der Waals surface area contributed by atoms with Crippen molar-refractivity contribution < 1.29 is 9.53 Å². The van der Waals surface area contributed by atoms with Crippen LogP contribution in [0.1, 0.15) is 20.3 Å². The summed E-state index contributed by atoms with van der Waals surface area (Å²) >= 11 is 0. The Morgan fingerprint density at radius 2 is 2.28 bits per heavy atom. The van der Waals surface area contributed by atoms with E-state index in [4.69, 9.17) is 10.5 Å². The fourth-order valence-electron chi connectivity index (χ4n) is 1.81. The van der Waals surface area contributed by atoms with E-state index in [1.165, 1.54) is 0 Å². The molecule has 6 heteroatoms. The second kappa shape index (κ2) is 6.39. The first kappa shape index (κ1) is 14.5. The predicted octanol–water partition coefficient (Wildman–Crippen LogP) is 0.988. The van der Waals surface area contributed by atoms with Crippen LogP contribution in [0.4, 0.5) is 5.82 Å². The Bertz CT molecular complexity index is 401. The minimum atomic E-state index is -0.182. The number of hydrogen-bond acceptors (Lipinski definition) is 4. The van der Waals surface area contributed by atoms with E-state index in [-0.39, 0.29) is 11.8 Å². The zero-order valence-corrected chi connectivity index (χ0v) is 11.4. The van der Waals surface area contributed by atoms with E-state index in [0.29, 0.717) is 24.2 Å². The SMILES string of the molecule is COc1cc(NC(=O)C(CN)CC(C)C)nn1C. The number of carbonyl (C=O) groups is 1. The summed E-state index contributed by atoms with van der Waals surface area (Å²) < 4.78 is 6.65. The van der Waals surface area contributed by atoms with Gasteiger partial charge in [-0.3, -0.25) is 4.79 Å². The van der Waals surface area contributed by atoms with E-state index in [1.54, 1.807) is 24.9 Å². The van der Waals surface area contributed by atoms with Crippen molar-refractivity contribution in [3.05, 3.63) is 6.07 Å². The lowest BCUT2D eigenvalue weighted by atomic mass is 9.96. The Kier molecular flexibility index (Phi) is 5.15. The second-order valence-corrected chi connectivity index (χ2v) is 4.75. The van der Waals surface area contributed by atoms with Gasteiger partial charge in [-0.2, -0.15) is 5.10 Å². The Morgan fingerprint density at radius 3 is 2.72 bits per heavy atom. The molecule has 18 heavy (non-hydrogen) atoms. The molecule has 0 bridgehead atoms. The molecule has 0 saturated carbocycles. The van der Waals surface area contributed by atoms with Gasteiger partial charge in [0.25, 0.3) is 0 Å². The number of amides is 1. The number of anilines is 1. The van der Waals surface area contributed by atoms with Crippen molar-refractivity contribution in [3.8, 4) is 5.88 Å². The summed E-state index contributed by atoms with van der Waals surface area (Å²) in [7, 11) is 3.31. The highest BCUT2D eigenvalue weighted by atomic mass is 16.5. The quantitative estimate of drug-likeness (QED) is 0.793. The first-order valence-corrected chi connectivity index (χ1v) is 6.06. The first-order valence-electron chi connectivity index (χ1n) is 6.06. The number of ether oxygens (including phenoxy) is 1. The van der Waals surface area contributed by atoms with Crippen LogP contribution in [-0.2, 0) is 11.8 Å². The van der Waals surface area contributed by atoms with Crippen LogP contribution in [0.5, 0.6) is 5.88 Å². The van der Waals surface area contributed by atoms with Crippen LogP contribution in [0, 0.1) is 11.8 Å². The van der Waals surface area contributed by atoms with E-state index in [1.807, 2.05) is 0 Å². The van der Waals surface area contributed by atoms with Gasteiger partial charge in [-0.15, -0.1) is 0 Å². The molecule has 0 saturated heterocycles. The summed E-state index contributed by atoms with van der Waals surface area (Å²) in [5.41, 5.74) is 5.63. The lowest BCUT2D eigenvalue weighted by molar-refractivity contribution is -0.120. The molecule has 0 radical (unpaired) electrons. The number of nitrogens with two attached hydrogens (primary N) is 1. The summed E-state index contributed by atoms with van der Waals surface area (Å²) in [6, 6.07) is 1.68. The Hall–Kier alpha value is -1.56. The van der Waals surface area contributed by atoms with Crippen molar-refractivity contribution in [3.63, 3.8) is 0 Å². The third-order valence-corrected chi connectivity index (χ3v) is 2.71. The van der Waals surface area contributed by atoms with Gasteiger partial charge in [-0.05, 0) is 12.3 Å². The Labute approximate surface area is 107 Å². The standard InChI is InChI=1S/C12H22N4O2/c1-8(2)5-9(7-13)12(17)14-10-6-11(18-4)16(3)15-10/h6,8-9H,5,7,13H2,1-4H3,(H,14,15,17). The summed E-state index contributed by atoms with van der Waals surface area (Å²) in [6.07, 6.45) is 0.770. The maximum atomic E-state index is 12.0. The Morgan fingerprint density at radius 1 is 1.61 bits per heavy atom. The van der Waals surface area contributed by atoms with Crippen LogP contribution >= 0.6 is 0 Å². The van der Waals surface area contributed by atoms with Crippen LogP contribution < -0.4 is 15.8 Å². The van der Waals surface area contributed by atoms with Gasteiger partial charge in [0.1, 0.15) is 0 Å². The molecule has 1 rings (SSSR count). The molecule has 6 nitrogen and oxygen atoms in total. The van der Waals surface area contributed by atoms with Gasteiger partial charge in [0.15, 0.2) is 5.82 Å². The molecule has 3 N–H and O–H groups in total. The van der Waals surface area contributed by atoms with Crippen molar-refractivity contribution in [1.29, 1.82) is 0 Å². The topological polar surface area (TPSA) is 82.2 Å². The first-order chi connectivity index (χ1) is 8.47. The molecule has 0 aliphatic heterocycles. The van der Waals surface area contributed by atoms with Crippen molar-refractivity contribution in [1.82, 2.24) is 9.78 Å². The molecule has 0 aliphatic rings. The summed E-state index contributed by atoms with van der Waals surface area (Å²) in [4.78, 5) is 12.0. The van der Waals surface area contributed by atoms with Crippen LogP contribution in [0.15, 0.2) is 6.07 Å². The molecular weight excluding hydrogens is 232 g/mol. The molecule has 0 fully saturated rings. The number of aromatic nitrogens is 2. The molecule has 1 heterocycles. The van der Waals surface area contributed by atoms with E-state index >= 15 is 0 Å². The Balaban J connectivity index is 2.67. The lowest BCUT2D eigenvalue weighted by Gasteiger charge is -2.15. The van der Waals surface area contributed by atoms with Crippen molar-refractivity contribution in [2.24, 2.45) is 24.6 Å². The molecule has 1 aromatic rings. The van der Waals surface area contributed by atoms with Crippen LogP contribution in [0.3, 0.4) is 0 Å². The normalized spacial score (nSPS) is 12.6. The van der Waals surface area contributed by atoms with Crippen LogP contribution in [0.2, 0.25) is 0 Å². The minimum Gasteiger partial charge on any atom is -0.481 e. The van der Waals surface area contributed by atoms with E-state index < -0.39 is 0 Å². The molecule has 1 unspecified atom stereocenters. The maximum Gasteiger partial charge on any atom is 0.229 e. The lowest BCUT2D eigenvalue weighted by Crippen LogP contribution is -2.30. The van der Waals surface area contributed by atoms with Gasteiger partial charge in [0, 0.05) is 19.7 Å². The third-order valence-electron chi connectivity index (χ3n) is 2.71. The van der Waals surface area contributed by atoms with Gasteiger partial charge >= 0.3 is 0 Å². The van der Waals surface area contributed by atoms with Gasteiger partial charge < -0.3 is 15.8 Å². The number of hydrogen-bond donors (Lipinski definition) is 2. The largest absolute Gasteiger partial charge is 0.481 e. The molecule has 0 spiro atoms. The molecule has 1 amide bonds. The highest BCUT2D eigenvalue weighted by Crippen LogP contribution is 2.17. The summed E-state index contributed by atoms with van der Waals surface area (Å²) in [6.45, 7) is 4.48. The number of carbonyl (C=O) groups excluding carboxylic acids is 1. The molecule has 1 aromatic heterocycles. The van der Waals surface area contributed by atoms with Gasteiger partial charge in [-0.25, -0.2) is 4.68 Å². The number of nitrogens with one attached hydrogen (secondary N) is 1. The van der Waals surface area contributed by atoms with Crippen LogP contribution in [-0.4, -0.2) is 29.3 Å². The molecular formula is C12H22N4O2.